The van der Waals surface area contributed by atoms with Gasteiger partial charge in [0.1, 0.15) is 5.82 Å². The molecule has 3 nitrogen and oxygen atoms in total. The summed E-state index contributed by atoms with van der Waals surface area (Å²) >= 11 is 12.1. The molecule has 0 aromatic heterocycles. The van der Waals surface area contributed by atoms with Crippen LogP contribution in [0.2, 0.25) is 5.02 Å². The number of allylic oxidation sites excluding steroid dienone is 4. The number of hydrogen-bond acceptors (Lipinski definition) is 2. The SMILES string of the molecule is CC(CC(C)(C)C)NCC(C(=O)NC1=CC=CC(Cl)C1)c1cccc(Cl)c1F. The number of rotatable bonds is 7. The van der Waals surface area contributed by atoms with Crippen LogP contribution in [0, 0.1) is 11.2 Å². The summed E-state index contributed by atoms with van der Waals surface area (Å²) in [6, 6.07) is 4.94. The van der Waals surface area contributed by atoms with Gasteiger partial charge in [-0.25, -0.2) is 4.39 Å². The first kappa shape index (κ1) is 22.9. The summed E-state index contributed by atoms with van der Waals surface area (Å²) in [6.45, 7) is 8.88. The summed E-state index contributed by atoms with van der Waals surface area (Å²) in [5, 5.41) is 6.14. The van der Waals surface area contributed by atoms with Gasteiger partial charge < -0.3 is 10.6 Å². The second kappa shape index (κ2) is 9.91. The summed E-state index contributed by atoms with van der Waals surface area (Å²) in [6.07, 6.45) is 6.96. The Hall–Kier alpha value is -1.36. The van der Waals surface area contributed by atoms with E-state index in [0.717, 1.165) is 12.1 Å². The highest BCUT2D eigenvalue weighted by atomic mass is 35.5. The van der Waals surface area contributed by atoms with Crippen molar-refractivity contribution in [2.75, 3.05) is 6.54 Å². The topological polar surface area (TPSA) is 41.1 Å². The molecule has 154 valence electrons. The number of hydrogen-bond donors (Lipinski definition) is 2. The van der Waals surface area contributed by atoms with E-state index in [0.29, 0.717) is 13.0 Å². The zero-order valence-corrected chi connectivity index (χ0v) is 18.4. The molecule has 0 fully saturated rings. The summed E-state index contributed by atoms with van der Waals surface area (Å²) in [4.78, 5) is 13.0. The zero-order valence-electron chi connectivity index (χ0n) is 16.9. The van der Waals surface area contributed by atoms with Gasteiger partial charge in [-0.15, -0.1) is 11.6 Å². The molecule has 3 atom stereocenters. The molecule has 1 aliphatic carbocycles. The molecule has 0 saturated heterocycles. The molecule has 0 bridgehead atoms. The molecule has 6 heteroatoms. The van der Waals surface area contributed by atoms with Gasteiger partial charge in [0.15, 0.2) is 0 Å². The lowest BCUT2D eigenvalue weighted by atomic mass is 9.88. The number of nitrogens with one attached hydrogen (secondary N) is 2. The molecule has 0 saturated carbocycles. The minimum absolute atomic E-state index is 0.0127. The van der Waals surface area contributed by atoms with E-state index in [1.54, 1.807) is 12.1 Å². The Labute approximate surface area is 177 Å². The Morgan fingerprint density at radius 1 is 1.36 bits per heavy atom. The molecule has 2 N–H and O–H groups in total. The quantitative estimate of drug-likeness (QED) is 0.561. The van der Waals surface area contributed by atoms with E-state index in [1.165, 1.54) is 6.07 Å². The second-order valence-electron chi connectivity index (χ2n) is 8.56. The van der Waals surface area contributed by atoms with E-state index in [-0.39, 0.29) is 33.3 Å². The van der Waals surface area contributed by atoms with Crippen molar-refractivity contribution in [1.29, 1.82) is 0 Å². The predicted octanol–water partition coefficient (Wildman–Crippen LogP) is 5.54. The van der Waals surface area contributed by atoms with Crippen molar-refractivity contribution < 1.29 is 9.18 Å². The van der Waals surface area contributed by atoms with Crippen molar-refractivity contribution in [3.8, 4) is 0 Å². The Kier molecular flexibility index (Phi) is 8.11. The molecule has 1 aromatic rings. The Bertz CT molecular complexity index is 755. The fourth-order valence-corrected chi connectivity index (χ4v) is 3.85. The van der Waals surface area contributed by atoms with Gasteiger partial charge >= 0.3 is 0 Å². The van der Waals surface area contributed by atoms with Crippen molar-refractivity contribution in [3.05, 3.63) is 58.5 Å². The highest BCUT2D eigenvalue weighted by Gasteiger charge is 2.27. The van der Waals surface area contributed by atoms with Crippen LogP contribution in [-0.4, -0.2) is 23.9 Å². The monoisotopic (exact) mass is 426 g/mol. The largest absolute Gasteiger partial charge is 0.329 e. The molecular formula is C22H29Cl2FN2O. The van der Waals surface area contributed by atoms with Gasteiger partial charge in [-0.05, 0) is 30.9 Å². The maximum Gasteiger partial charge on any atom is 0.233 e. The number of carbonyl (C=O) groups is 1. The smallest absolute Gasteiger partial charge is 0.233 e. The average molecular weight is 427 g/mol. The van der Waals surface area contributed by atoms with Gasteiger partial charge in [0.2, 0.25) is 5.91 Å². The maximum absolute atomic E-state index is 14.7. The van der Waals surface area contributed by atoms with Crippen molar-refractivity contribution in [3.63, 3.8) is 0 Å². The molecule has 28 heavy (non-hydrogen) atoms. The standard InChI is InChI=1S/C22H29Cl2FN2O/c1-14(12-22(2,3)4)26-13-18(17-9-6-10-19(24)20(17)25)21(28)27-16-8-5-7-15(23)11-16/h5-10,14-15,18,26H,11-13H2,1-4H3,(H,27,28). The molecule has 0 heterocycles. The molecule has 1 aromatic carbocycles. The molecular weight excluding hydrogens is 398 g/mol. The van der Waals surface area contributed by atoms with Gasteiger partial charge in [0, 0.05) is 30.3 Å². The van der Waals surface area contributed by atoms with Crippen LogP contribution in [0.3, 0.4) is 0 Å². The van der Waals surface area contributed by atoms with Crippen LogP contribution in [0.5, 0.6) is 0 Å². The van der Waals surface area contributed by atoms with E-state index in [9.17, 15) is 9.18 Å². The van der Waals surface area contributed by atoms with Crippen molar-refractivity contribution in [1.82, 2.24) is 10.6 Å². The van der Waals surface area contributed by atoms with E-state index < -0.39 is 11.7 Å². The predicted molar refractivity (Wildman–Crippen MR) is 115 cm³/mol. The first-order chi connectivity index (χ1) is 13.1. The fraction of sp³-hybridized carbons (Fsp3) is 0.500. The third kappa shape index (κ3) is 6.91. The number of halogens is 3. The summed E-state index contributed by atoms with van der Waals surface area (Å²) in [5.41, 5.74) is 1.16. The van der Waals surface area contributed by atoms with Crippen LogP contribution in [0.15, 0.2) is 42.1 Å². The van der Waals surface area contributed by atoms with Crippen molar-refractivity contribution in [2.24, 2.45) is 5.41 Å². The van der Waals surface area contributed by atoms with Gasteiger partial charge in [-0.1, -0.05) is 56.7 Å². The molecule has 3 unspecified atom stereocenters. The molecule has 0 radical (unpaired) electrons. The van der Waals surface area contributed by atoms with Crippen LogP contribution in [0.4, 0.5) is 4.39 Å². The normalized spacial score (nSPS) is 19.1. The highest BCUT2D eigenvalue weighted by molar-refractivity contribution is 6.30. The first-order valence-electron chi connectivity index (χ1n) is 9.56. The number of alkyl halides is 1. The van der Waals surface area contributed by atoms with Gasteiger partial charge in [0.25, 0.3) is 0 Å². The lowest BCUT2D eigenvalue weighted by molar-refractivity contribution is -0.121. The van der Waals surface area contributed by atoms with E-state index in [2.05, 4.69) is 38.3 Å². The number of benzene rings is 1. The maximum atomic E-state index is 14.7. The molecule has 0 aliphatic heterocycles. The van der Waals surface area contributed by atoms with E-state index in [4.69, 9.17) is 23.2 Å². The minimum atomic E-state index is -0.707. The van der Waals surface area contributed by atoms with Gasteiger partial charge in [-0.2, -0.15) is 0 Å². The number of carbonyl (C=O) groups excluding carboxylic acids is 1. The minimum Gasteiger partial charge on any atom is -0.329 e. The molecule has 1 amide bonds. The fourth-order valence-electron chi connectivity index (χ4n) is 3.42. The van der Waals surface area contributed by atoms with Crippen LogP contribution in [0.25, 0.3) is 0 Å². The van der Waals surface area contributed by atoms with Gasteiger partial charge in [0.05, 0.1) is 16.3 Å². The third-order valence-electron chi connectivity index (χ3n) is 4.58. The van der Waals surface area contributed by atoms with E-state index in [1.807, 2.05) is 18.2 Å². The van der Waals surface area contributed by atoms with Crippen LogP contribution >= 0.6 is 23.2 Å². The average Bonchev–Trinajstić information content (AvgIpc) is 2.57. The lowest BCUT2D eigenvalue weighted by Gasteiger charge is -2.27. The Morgan fingerprint density at radius 3 is 2.71 bits per heavy atom. The third-order valence-corrected chi connectivity index (χ3v) is 5.17. The van der Waals surface area contributed by atoms with Crippen LogP contribution in [0.1, 0.15) is 52.0 Å². The second-order valence-corrected chi connectivity index (χ2v) is 9.52. The summed E-state index contributed by atoms with van der Waals surface area (Å²) in [5.74, 6) is -1.54. The van der Waals surface area contributed by atoms with Crippen molar-refractivity contribution >= 4 is 29.1 Å². The van der Waals surface area contributed by atoms with Crippen LogP contribution < -0.4 is 10.6 Å². The first-order valence-corrected chi connectivity index (χ1v) is 10.4. The summed E-state index contributed by atoms with van der Waals surface area (Å²) in [7, 11) is 0. The molecule has 0 spiro atoms. The zero-order chi connectivity index (χ0) is 20.9. The van der Waals surface area contributed by atoms with E-state index >= 15 is 0 Å². The highest BCUT2D eigenvalue weighted by Crippen LogP contribution is 2.27. The molecule has 2 rings (SSSR count). The van der Waals surface area contributed by atoms with Gasteiger partial charge in [-0.3, -0.25) is 4.79 Å². The lowest BCUT2D eigenvalue weighted by Crippen LogP contribution is -2.39. The molecule has 1 aliphatic rings. The number of amides is 1. The Morgan fingerprint density at radius 2 is 2.07 bits per heavy atom. The van der Waals surface area contributed by atoms with Crippen molar-refractivity contribution in [2.45, 2.75) is 57.9 Å². The Balaban J connectivity index is 2.18. The summed E-state index contributed by atoms with van der Waals surface area (Å²) < 4.78 is 14.7. The van der Waals surface area contributed by atoms with Crippen LogP contribution in [-0.2, 0) is 4.79 Å².